The molecular formula is C17H26O8. The quantitative estimate of drug-likeness (QED) is 0.375. The van der Waals surface area contributed by atoms with Crippen LogP contribution in [0.25, 0.3) is 0 Å². The van der Waals surface area contributed by atoms with E-state index in [1.165, 1.54) is 6.07 Å². The van der Waals surface area contributed by atoms with Gasteiger partial charge in [-0.3, -0.25) is 0 Å². The maximum absolute atomic E-state index is 9.99. The van der Waals surface area contributed by atoms with Crippen molar-refractivity contribution in [3.05, 3.63) is 23.8 Å². The first kappa shape index (κ1) is 19.9. The third-order valence-corrected chi connectivity index (χ3v) is 4.14. The summed E-state index contributed by atoms with van der Waals surface area (Å²) in [4.78, 5) is 0. The van der Waals surface area contributed by atoms with E-state index in [2.05, 4.69) is 0 Å². The van der Waals surface area contributed by atoms with Crippen molar-refractivity contribution >= 4 is 0 Å². The van der Waals surface area contributed by atoms with E-state index in [-0.39, 0.29) is 11.5 Å². The minimum atomic E-state index is -1.53. The summed E-state index contributed by atoms with van der Waals surface area (Å²) < 4.78 is 10.8. The molecule has 0 radical (unpaired) electrons. The van der Waals surface area contributed by atoms with Gasteiger partial charge in [0, 0.05) is 6.07 Å². The van der Waals surface area contributed by atoms with E-state index in [0.29, 0.717) is 12.8 Å². The summed E-state index contributed by atoms with van der Waals surface area (Å²) in [5.74, 6) is 0.186. The van der Waals surface area contributed by atoms with Crippen molar-refractivity contribution in [3.63, 3.8) is 0 Å². The second kappa shape index (κ2) is 8.79. The highest BCUT2D eigenvalue weighted by Gasteiger charge is 2.44. The summed E-state index contributed by atoms with van der Waals surface area (Å²) >= 11 is 0. The van der Waals surface area contributed by atoms with E-state index < -0.39 is 43.4 Å². The monoisotopic (exact) mass is 358 g/mol. The van der Waals surface area contributed by atoms with Gasteiger partial charge in [0.1, 0.15) is 35.9 Å². The fourth-order valence-corrected chi connectivity index (χ4v) is 2.76. The lowest BCUT2D eigenvalue weighted by Gasteiger charge is -2.39. The predicted octanol–water partition coefficient (Wildman–Crippen LogP) is -0.726. The standard InChI is InChI=1S/C17H26O8/c1-9(19)3-2-4-10-5-11(20)7-12(6-10)24-17-16(23)15(22)14(21)13(8-18)25-17/h5-7,9,13-23H,2-4,8H2,1H3/t9-,13+,14+,15-,16+,17-/m0/s1. The molecule has 0 spiro atoms. The van der Waals surface area contributed by atoms with Gasteiger partial charge in [-0.05, 0) is 43.9 Å². The van der Waals surface area contributed by atoms with Gasteiger partial charge in [-0.1, -0.05) is 0 Å². The van der Waals surface area contributed by atoms with Gasteiger partial charge in [-0.2, -0.15) is 0 Å². The number of aliphatic hydroxyl groups is 5. The highest BCUT2D eigenvalue weighted by molar-refractivity contribution is 5.37. The average molecular weight is 358 g/mol. The zero-order valence-electron chi connectivity index (χ0n) is 14.0. The maximum Gasteiger partial charge on any atom is 0.229 e. The number of aromatic hydroxyl groups is 1. The molecule has 1 saturated heterocycles. The fourth-order valence-electron chi connectivity index (χ4n) is 2.76. The molecule has 0 aromatic heterocycles. The van der Waals surface area contributed by atoms with Gasteiger partial charge < -0.3 is 40.1 Å². The second-order valence-electron chi connectivity index (χ2n) is 6.39. The summed E-state index contributed by atoms with van der Waals surface area (Å²) in [6, 6.07) is 4.56. The van der Waals surface area contributed by atoms with Crippen molar-refractivity contribution in [2.24, 2.45) is 0 Å². The lowest BCUT2D eigenvalue weighted by atomic mass is 9.99. The molecule has 1 fully saturated rings. The number of aliphatic hydroxyl groups excluding tert-OH is 5. The van der Waals surface area contributed by atoms with Gasteiger partial charge in [0.2, 0.25) is 6.29 Å². The van der Waals surface area contributed by atoms with Crippen LogP contribution in [0.4, 0.5) is 0 Å². The van der Waals surface area contributed by atoms with Gasteiger partial charge in [0.05, 0.1) is 12.7 Å². The van der Waals surface area contributed by atoms with Crippen molar-refractivity contribution in [1.29, 1.82) is 0 Å². The van der Waals surface area contributed by atoms with Crippen LogP contribution >= 0.6 is 0 Å². The van der Waals surface area contributed by atoms with Gasteiger partial charge >= 0.3 is 0 Å². The molecule has 6 atom stereocenters. The molecule has 8 nitrogen and oxygen atoms in total. The number of rotatable bonds is 7. The molecule has 1 aliphatic heterocycles. The second-order valence-corrected chi connectivity index (χ2v) is 6.39. The van der Waals surface area contributed by atoms with E-state index >= 15 is 0 Å². The molecule has 0 saturated carbocycles. The van der Waals surface area contributed by atoms with Crippen LogP contribution in [0.2, 0.25) is 0 Å². The molecule has 25 heavy (non-hydrogen) atoms. The molecule has 1 heterocycles. The molecule has 1 aromatic carbocycles. The SMILES string of the molecule is C[C@H](O)CCCc1cc(O)cc(O[C@H]2O[C@H](CO)[C@@H](O)[C@H](O)[C@H]2O)c1. The topological polar surface area (TPSA) is 140 Å². The highest BCUT2D eigenvalue weighted by atomic mass is 16.7. The Morgan fingerprint density at radius 3 is 2.48 bits per heavy atom. The van der Waals surface area contributed by atoms with Crippen molar-refractivity contribution in [3.8, 4) is 11.5 Å². The Morgan fingerprint density at radius 2 is 1.84 bits per heavy atom. The van der Waals surface area contributed by atoms with Crippen LogP contribution in [0.3, 0.4) is 0 Å². The van der Waals surface area contributed by atoms with Crippen LogP contribution in [0.15, 0.2) is 18.2 Å². The van der Waals surface area contributed by atoms with Crippen LogP contribution in [0.1, 0.15) is 25.3 Å². The first-order chi connectivity index (χ1) is 11.8. The number of aryl methyl sites for hydroxylation is 1. The molecule has 0 bridgehead atoms. The minimum Gasteiger partial charge on any atom is -0.508 e. The number of hydrogen-bond donors (Lipinski definition) is 6. The third-order valence-electron chi connectivity index (χ3n) is 4.14. The molecule has 2 rings (SSSR count). The molecule has 0 amide bonds. The summed E-state index contributed by atoms with van der Waals surface area (Å²) in [5, 5.41) is 57.8. The van der Waals surface area contributed by atoms with Gasteiger partial charge in [0.15, 0.2) is 0 Å². The van der Waals surface area contributed by atoms with E-state index in [0.717, 1.165) is 12.0 Å². The summed E-state index contributed by atoms with van der Waals surface area (Å²) in [6.45, 7) is 1.16. The van der Waals surface area contributed by atoms with Crippen LogP contribution in [-0.2, 0) is 11.2 Å². The summed E-state index contributed by atoms with van der Waals surface area (Å²) in [5.41, 5.74) is 0.778. The molecule has 0 unspecified atom stereocenters. The van der Waals surface area contributed by atoms with Crippen LogP contribution in [0.5, 0.6) is 11.5 Å². The lowest BCUT2D eigenvalue weighted by molar-refractivity contribution is -0.277. The van der Waals surface area contributed by atoms with E-state index in [4.69, 9.17) is 9.47 Å². The lowest BCUT2D eigenvalue weighted by Crippen LogP contribution is -2.60. The zero-order chi connectivity index (χ0) is 18.6. The first-order valence-corrected chi connectivity index (χ1v) is 8.30. The summed E-state index contributed by atoms with van der Waals surface area (Å²) in [6.07, 6.45) is -5.31. The number of phenolic OH excluding ortho intramolecular Hbond substituents is 1. The number of hydrogen-bond acceptors (Lipinski definition) is 8. The van der Waals surface area contributed by atoms with Crippen molar-refractivity contribution < 1.29 is 40.1 Å². The molecule has 1 aliphatic rings. The molecule has 1 aromatic rings. The van der Waals surface area contributed by atoms with Gasteiger partial charge in [0.25, 0.3) is 0 Å². The highest BCUT2D eigenvalue weighted by Crippen LogP contribution is 2.28. The minimum absolute atomic E-state index is 0.0332. The van der Waals surface area contributed by atoms with Crippen molar-refractivity contribution in [2.75, 3.05) is 6.61 Å². The Balaban J connectivity index is 2.06. The van der Waals surface area contributed by atoms with Crippen LogP contribution < -0.4 is 4.74 Å². The van der Waals surface area contributed by atoms with Crippen molar-refractivity contribution in [1.82, 2.24) is 0 Å². The Labute approximate surface area is 145 Å². The van der Waals surface area contributed by atoms with E-state index in [1.54, 1.807) is 19.1 Å². The van der Waals surface area contributed by atoms with Crippen LogP contribution in [-0.4, -0.2) is 74.1 Å². The predicted molar refractivity (Wildman–Crippen MR) is 87.1 cm³/mol. The number of ether oxygens (including phenoxy) is 2. The Hall–Kier alpha value is -1.42. The first-order valence-electron chi connectivity index (χ1n) is 8.30. The Morgan fingerprint density at radius 1 is 1.12 bits per heavy atom. The molecule has 6 N–H and O–H groups in total. The summed E-state index contributed by atoms with van der Waals surface area (Å²) in [7, 11) is 0. The molecule has 8 heteroatoms. The fraction of sp³-hybridized carbons (Fsp3) is 0.647. The van der Waals surface area contributed by atoms with Crippen LogP contribution in [0, 0.1) is 0 Å². The zero-order valence-corrected chi connectivity index (χ0v) is 14.0. The number of phenols is 1. The van der Waals surface area contributed by atoms with E-state index in [9.17, 15) is 30.6 Å². The Kier molecular flexibility index (Phi) is 7.00. The van der Waals surface area contributed by atoms with Gasteiger partial charge in [-0.15, -0.1) is 0 Å². The largest absolute Gasteiger partial charge is 0.508 e. The van der Waals surface area contributed by atoms with E-state index in [1.807, 2.05) is 0 Å². The third kappa shape index (κ3) is 5.27. The average Bonchev–Trinajstić information content (AvgIpc) is 2.54. The smallest absolute Gasteiger partial charge is 0.229 e. The normalized spacial score (nSPS) is 30.9. The van der Waals surface area contributed by atoms with Crippen molar-refractivity contribution in [2.45, 2.75) is 63.0 Å². The molecule has 0 aliphatic carbocycles. The molecular weight excluding hydrogens is 332 g/mol. The number of benzene rings is 1. The van der Waals surface area contributed by atoms with Gasteiger partial charge in [-0.25, -0.2) is 0 Å². The molecule has 142 valence electrons. The Bertz CT molecular complexity index is 547. The maximum atomic E-state index is 9.99.